The molecule has 0 aliphatic rings. The maximum atomic E-state index is 13.4. The Hall–Kier alpha value is -3.50. The van der Waals surface area contributed by atoms with Crippen LogP contribution in [0.5, 0.6) is 5.88 Å². The van der Waals surface area contributed by atoms with Crippen molar-refractivity contribution < 1.29 is 18.3 Å². The van der Waals surface area contributed by atoms with E-state index in [0.29, 0.717) is 16.6 Å². The van der Waals surface area contributed by atoms with E-state index >= 15 is 0 Å². The number of amides is 1. The number of anilines is 1. The average molecular weight is 527 g/mol. The van der Waals surface area contributed by atoms with Crippen molar-refractivity contribution >= 4 is 54.1 Å². The summed E-state index contributed by atoms with van der Waals surface area (Å²) < 4.78 is 28.5. The van der Waals surface area contributed by atoms with Gasteiger partial charge in [0.15, 0.2) is 5.69 Å². The molecule has 0 bridgehead atoms. The maximum Gasteiger partial charge on any atom is 0.285 e. The van der Waals surface area contributed by atoms with Gasteiger partial charge in [0.05, 0.1) is 16.1 Å². The molecule has 0 spiro atoms. The molecule has 0 aliphatic heterocycles. The van der Waals surface area contributed by atoms with Gasteiger partial charge in [-0.1, -0.05) is 51.8 Å². The Labute approximate surface area is 198 Å². The highest BCUT2D eigenvalue weighted by Crippen LogP contribution is 2.35. The lowest BCUT2D eigenvalue weighted by Crippen LogP contribution is -2.35. The fraction of sp³-hybridized carbons (Fsp3) is 0.0870. The first-order valence-electron chi connectivity index (χ1n) is 9.85. The number of aromatic amines is 1. The summed E-state index contributed by atoms with van der Waals surface area (Å²) in [5.41, 5.74) is 1.95. The van der Waals surface area contributed by atoms with Gasteiger partial charge in [-0.05, 0) is 49.4 Å². The van der Waals surface area contributed by atoms with Crippen LogP contribution >= 0.6 is 15.9 Å². The summed E-state index contributed by atoms with van der Waals surface area (Å²) in [5, 5.41) is 18.2. The maximum absolute atomic E-state index is 13.4. The van der Waals surface area contributed by atoms with Crippen LogP contribution in [-0.2, 0) is 14.8 Å². The number of hydrogen-bond acceptors (Lipinski definition) is 5. The Morgan fingerprint density at radius 2 is 1.70 bits per heavy atom. The first-order valence-corrected chi connectivity index (χ1v) is 12.1. The lowest BCUT2D eigenvalue weighted by molar-refractivity contribution is -0.116. The van der Waals surface area contributed by atoms with Crippen molar-refractivity contribution in [1.29, 1.82) is 0 Å². The number of halogens is 1. The lowest BCUT2D eigenvalue weighted by atomic mass is 10.2. The highest BCUT2D eigenvalue weighted by molar-refractivity contribution is 9.10. The number of hydrogen-bond donors (Lipinski definition) is 2. The fourth-order valence-electron chi connectivity index (χ4n) is 3.23. The van der Waals surface area contributed by atoms with Gasteiger partial charge >= 0.3 is 0 Å². The minimum atomic E-state index is -4.05. The summed E-state index contributed by atoms with van der Waals surface area (Å²) in [6.07, 6.45) is 0. The molecule has 1 amide bonds. The van der Waals surface area contributed by atoms with E-state index in [1.807, 2.05) is 6.92 Å². The van der Waals surface area contributed by atoms with E-state index in [9.17, 15) is 18.3 Å². The molecule has 0 fully saturated rings. The van der Waals surface area contributed by atoms with Crippen molar-refractivity contribution in [3.63, 3.8) is 0 Å². The van der Waals surface area contributed by atoms with E-state index in [1.165, 1.54) is 12.1 Å². The molecular weight excluding hydrogens is 508 g/mol. The van der Waals surface area contributed by atoms with Gasteiger partial charge in [-0.3, -0.25) is 9.10 Å². The van der Waals surface area contributed by atoms with Crippen molar-refractivity contribution in [3.05, 3.63) is 82.8 Å². The lowest BCUT2D eigenvalue weighted by Gasteiger charge is -2.23. The number of aromatic hydroxyl groups is 1. The zero-order valence-electron chi connectivity index (χ0n) is 17.4. The standard InChI is InChI=1S/C23H19BrN4O4S/c1-15-6-12-18(13-7-15)33(31,32)28(17-10-8-16(24)9-11-17)14-21(29)26-27-22-19-4-2-3-5-20(19)25-23(22)30/h2-13,25,30H,14H2,1H3. The normalized spacial score (nSPS) is 11.8. The molecule has 0 radical (unpaired) electrons. The smallest absolute Gasteiger partial charge is 0.285 e. The number of H-pyrrole nitrogens is 1. The van der Waals surface area contributed by atoms with Crippen LogP contribution in [0.4, 0.5) is 11.4 Å². The second kappa shape index (κ2) is 9.16. The number of carbonyl (C=O) groups excluding carboxylic acids is 1. The van der Waals surface area contributed by atoms with Crippen molar-refractivity contribution in [1.82, 2.24) is 4.98 Å². The minimum absolute atomic E-state index is 0.0510. The molecule has 1 heterocycles. The molecule has 3 aromatic carbocycles. The third-order valence-electron chi connectivity index (χ3n) is 4.92. The van der Waals surface area contributed by atoms with Gasteiger partial charge in [0, 0.05) is 9.86 Å². The molecule has 1 aromatic heterocycles. The summed E-state index contributed by atoms with van der Waals surface area (Å²) in [6.45, 7) is 1.29. The summed E-state index contributed by atoms with van der Waals surface area (Å²) in [7, 11) is -4.05. The van der Waals surface area contributed by atoms with Gasteiger partial charge in [0.25, 0.3) is 15.9 Å². The van der Waals surface area contributed by atoms with Crippen molar-refractivity contribution in [3.8, 4) is 5.88 Å². The number of azo groups is 1. The Morgan fingerprint density at radius 3 is 2.39 bits per heavy atom. The van der Waals surface area contributed by atoms with Gasteiger partial charge in [0.2, 0.25) is 5.88 Å². The first-order chi connectivity index (χ1) is 15.8. The molecule has 168 valence electrons. The van der Waals surface area contributed by atoms with E-state index in [0.717, 1.165) is 14.3 Å². The van der Waals surface area contributed by atoms with E-state index in [2.05, 4.69) is 31.1 Å². The monoisotopic (exact) mass is 526 g/mol. The minimum Gasteiger partial charge on any atom is -0.493 e. The Balaban J connectivity index is 1.67. The molecule has 0 aliphatic carbocycles. The highest BCUT2D eigenvalue weighted by atomic mass is 79.9. The van der Waals surface area contributed by atoms with E-state index < -0.39 is 22.5 Å². The van der Waals surface area contributed by atoms with Crippen LogP contribution in [0.1, 0.15) is 5.56 Å². The largest absolute Gasteiger partial charge is 0.493 e. The van der Waals surface area contributed by atoms with Gasteiger partial charge in [0.1, 0.15) is 6.54 Å². The van der Waals surface area contributed by atoms with Crippen molar-refractivity contribution in [2.24, 2.45) is 10.2 Å². The Kier molecular flexibility index (Phi) is 6.30. The summed E-state index contributed by atoms with van der Waals surface area (Å²) in [6, 6.07) is 19.9. The molecule has 4 aromatic rings. The fourth-order valence-corrected chi connectivity index (χ4v) is 4.91. The number of benzene rings is 3. The molecule has 33 heavy (non-hydrogen) atoms. The number of sulfonamides is 1. The molecular formula is C23H19BrN4O4S. The molecule has 0 unspecified atom stereocenters. The van der Waals surface area contributed by atoms with E-state index in [-0.39, 0.29) is 16.5 Å². The number of aromatic nitrogens is 1. The number of fused-ring (bicyclic) bond motifs is 1. The van der Waals surface area contributed by atoms with Crippen LogP contribution in [-0.4, -0.2) is 31.0 Å². The molecule has 0 saturated carbocycles. The zero-order chi connectivity index (χ0) is 23.6. The second-order valence-electron chi connectivity index (χ2n) is 7.26. The molecule has 0 saturated heterocycles. The number of nitrogens with zero attached hydrogens (tertiary/aromatic N) is 3. The summed E-state index contributed by atoms with van der Waals surface area (Å²) in [4.78, 5) is 15.5. The van der Waals surface area contributed by atoms with Crippen molar-refractivity contribution in [2.75, 3.05) is 10.8 Å². The Bertz CT molecular complexity index is 1450. The average Bonchev–Trinajstić information content (AvgIpc) is 3.12. The van der Waals surface area contributed by atoms with E-state index in [4.69, 9.17) is 0 Å². The zero-order valence-corrected chi connectivity index (χ0v) is 19.8. The predicted octanol–water partition coefficient (Wildman–Crippen LogP) is 5.45. The van der Waals surface area contributed by atoms with Crippen LogP contribution in [0.25, 0.3) is 10.9 Å². The summed E-state index contributed by atoms with van der Waals surface area (Å²) >= 11 is 3.33. The molecule has 4 rings (SSSR count). The molecule has 8 nitrogen and oxygen atoms in total. The topological polar surface area (TPSA) is 115 Å². The molecule has 2 N–H and O–H groups in total. The molecule has 10 heteroatoms. The van der Waals surface area contributed by atoms with Gasteiger partial charge in [-0.15, -0.1) is 10.2 Å². The van der Waals surface area contributed by atoms with Crippen LogP contribution in [0, 0.1) is 6.92 Å². The third kappa shape index (κ3) is 4.81. The SMILES string of the molecule is Cc1ccc(S(=O)(=O)N(CC(=O)N=Nc2c(O)[nH]c3ccccc23)c2ccc(Br)cc2)cc1. The van der Waals surface area contributed by atoms with Crippen LogP contribution in [0.2, 0.25) is 0 Å². The number of nitrogens with one attached hydrogen (secondary N) is 1. The Morgan fingerprint density at radius 1 is 1.03 bits per heavy atom. The van der Waals surface area contributed by atoms with Gasteiger partial charge in [-0.2, -0.15) is 0 Å². The number of para-hydroxylation sites is 1. The van der Waals surface area contributed by atoms with Gasteiger partial charge in [-0.25, -0.2) is 8.42 Å². The van der Waals surface area contributed by atoms with E-state index in [1.54, 1.807) is 60.7 Å². The van der Waals surface area contributed by atoms with Gasteiger partial charge < -0.3 is 10.1 Å². The third-order valence-corrected chi connectivity index (χ3v) is 7.24. The van der Waals surface area contributed by atoms with Crippen LogP contribution < -0.4 is 4.31 Å². The predicted molar refractivity (Wildman–Crippen MR) is 129 cm³/mol. The molecule has 0 atom stereocenters. The highest BCUT2D eigenvalue weighted by Gasteiger charge is 2.27. The quantitative estimate of drug-likeness (QED) is 0.325. The second-order valence-corrected chi connectivity index (χ2v) is 10.0. The van der Waals surface area contributed by atoms with Crippen LogP contribution in [0.3, 0.4) is 0 Å². The first kappa shape index (κ1) is 22.7. The summed E-state index contributed by atoms with van der Waals surface area (Å²) in [5.74, 6) is -1.02. The van der Waals surface area contributed by atoms with Crippen LogP contribution in [0.15, 0.2) is 92.4 Å². The number of aryl methyl sites for hydroxylation is 1. The number of carbonyl (C=O) groups is 1. The number of rotatable bonds is 6. The van der Waals surface area contributed by atoms with Crippen molar-refractivity contribution in [2.45, 2.75) is 11.8 Å².